The van der Waals surface area contributed by atoms with Gasteiger partial charge in [0.1, 0.15) is 6.61 Å². The Morgan fingerprint density at radius 3 is 2.92 bits per heavy atom. The number of hydrogen-bond donors (Lipinski definition) is 2. The van der Waals surface area contributed by atoms with Crippen molar-refractivity contribution in [3.8, 4) is 0 Å². The summed E-state index contributed by atoms with van der Waals surface area (Å²) in [5.74, 6) is -0.430. The summed E-state index contributed by atoms with van der Waals surface area (Å²) in [6.45, 7) is 1.35. The van der Waals surface area contributed by atoms with Crippen LogP contribution in [0.15, 0.2) is 18.3 Å². The van der Waals surface area contributed by atoms with Gasteiger partial charge in [-0.1, -0.05) is 0 Å². The van der Waals surface area contributed by atoms with Crippen LogP contribution in [0.1, 0.15) is 5.69 Å². The van der Waals surface area contributed by atoms with Crippen molar-refractivity contribution >= 4 is 11.6 Å². The molecule has 0 aliphatic carbocycles. The molecule has 4 heteroatoms. The fourth-order valence-electron chi connectivity index (χ4n) is 0.742. The van der Waals surface area contributed by atoms with Crippen molar-refractivity contribution < 1.29 is 9.90 Å². The van der Waals surface area contributed by atoms with Crippen molar-refractivity contribution in [2.75, 3.05) is 11.9 Å². The van der Waals surface area contributed by atoms with Crippen molar-refractivity contribution in [2.45, 2.75) is 6.92 Å². The number of nitrogens with one attached hydrogen (secondary N) is 1. The molecule has 0 fully saturated rings. The first-order valence-electron chi connectivity index (χ1n) is 3.56. The topological polar surface area (TPSA) is 62.2 Å². The van der Waals surface area contributed by atoms with Gasteiger partial charge in [0.05, 0.1) is 11.9 Å². The number of amides is 1. The van der Waals surface area contributed by atoms with Crippen LogP contribution in [-0.4, -0.2) is 22.6 Å². The number of carbonyl (C=O) groups is 1. The Hall–Kier alpha value is -1.42. The van der Waals surface area contributed by atoms with Crippen molar-refractivity contribution in [2.24, 2.45) is 0 Å². The Kier molecular flexibility index (Phi) is 2.76. The standard InChI is InChI=1S/C8H10N2O2/c1-6-2-3-7(4-9-6)10-8(12)5-11/h2-4,11H,5H2,1H3,(H,10,12). The number of anilines is 1. The highest BCUT2D eigenvalue weighted by Gasteiger charge is 1.98. The van der Waals surface area contributed by atoms with E-state index >= 15 is 0 Å². The van der Waals surface area contributed by atoms with Gasteiger partial charge in [0.25, 0.3) is 0 Å². The van der Waals surface area contributed by atoms with Crippen LogP contribution in [0, 0.1) is 6.92 Å². The van der Waals surface area contributed by atoms with Gasteiger partial charge in [-0.25, -0.2) is 0 Å². The molecule has 0 bridgehead atoms. The summed E-state index contributed by atoms with van der Waals surface area (Å²) in [5.41, 5.74) is 1.48. The molecule has 0 saturated heterocycles. The first kappa shape index (κ1) is 8.67. The van der Waals surface area contributed by atoms with E-state index in [-0.39, 0.29) is 0 Å². The molecule has 1 aromatic rings. The molecule has 0 aliphatic heterocycles. The van der Waals surface area contributed by atoms with Crippen LogP contribution >= 0.6 is 0 Å². The molecule has 4 nitrogen and oxygen atoms in total. The summed E-state index contributed by atoms with van der Waals surface area (Å²) in [4.78, 5) is 14.6. The molecule has 12 heavy (non-hydrogen) atoms. The average Bonchev–Trinajstić information content (AvgIpc) is 2.09. The molecular weight excluding hydrogens is 156 g/mol. The van der Waals surface area contributed by atoms with Gasteiger partial charge in [0.15, 0.2) is 0 Å². The van der Waals surface area contributed by atoms with Gasteiger partial charge < -0.3 is 10.4 Å². The molecule has 1 heterocycles. The van der Waals surface area contributed by atoms with E-state index in [9.17, 15) is 4.79 Å². The van der Waals surface area contributed by atoms with Crippen molar-refractivity contribution in [1.82, 2.24) is 4.98 Å². The van der Waals surface area contributed by atoms with Gasteiger partial charge in [-0.2, -0.15) is 0 Å². The van der Waals surface area contributed by atoms with E-state index in [4.69, 9.17) is 5.11 Å². The molecule has 1 rings (SSSR count). The molecular formula is C8H10N2O2. The highest BCUT2D eigenvalue weighted by molar-refractivity contribution is 5.91. The zero-order valence-corrected chi connectivity index (χ0v) is 6.74. The summed E-state index contributed by atoms with van der Waals surface area (Å²) in [7, 11) is 0. The summed E-state index contributed by atoms with van der Waals surface area (Å²) in [6.07, 6.45) is 1.54. The second kappa shape index (κ2) is 3.82. The van der Waals surface area contributed by atoms with Crippen LogP contribution in [0.3, 0.4) is 0 Å². The number of aryl methyl sites for hydroxylation is 1. The maximum absolute atomic E-state index is 10.7. The van der Waals surface area contributed by atoms with Gasteiger partial charge in [0.2, 0.25) is 5.91 Å². The Bertz CT molecular complexity index is 269. The Morgan fingerprint density at radius 1 is 1.67 bits per heavy atom. The SMILES string of the molecule is Cc1ccc(NC(=O)CO)cn1. The van der Waals surface area contributed by atoms with Gasteiger partial charge in [0, 0.05) is 5.69 Å². The van der Waals surface area contributed by atoms with E-state index in [0.717, 1.165) is 5.69 Å². The minimum absolute atomic E-state index is 0.430. The quantitative estimate of drug-likeness (QED) is 0.665. The van der Waals surface area contributed by atoms with Crippen LogP contribution in [-0.2, 0) is 4.79 Å². The van der Waals surface area contributed by atoms with Crippen LogP contribution in [0.2, 0.25) is 0 Å². The van der Waals surface area contributed by atoms with Crippen molar-refractivity contribution in [1.29, 1.82) is 0 Å². The first-order valence-corrected chi connectivity index (χ1v) is 3.56. The van der Waals surface area contributed by atoms with Gasteiger partial charge in [-0.05, 0) is 19.1 Å². The third-order valence-electron chi connectivity index (χ3n) is 1.34. The second-order valence-electron chi connectivity index (χ2n) is 2.39. The number of carbonyl (C=O) groups excluding carboxylic acids is 1. The maximum atomic E-state index is 10.7. The number of hydrogen-bond acceptors (Lipinski definition) is 3. The Morgan fingerprint density at radius 2 is 2.42 bits per heavy atom. The largest absolute Gasteiger partial charge is 0.387 e. The van der Waals surface area contributed by atoms with Crippen LogP contribution in [0.5, 0.6) is 0 Å². The third kappa shape index (κ3) is 2.32. The number of pyridine rings is 1. The summed E-state index contributed by atoms with van der Waals surface area (Å²) in [6, 6.07) is 3.52. The summed E-state index contributed by atoms with van der Waals surface area (Å²) < 4.78 is 0. The minimum Gasteiger partial charge on any atom is -0.387 e. The molecule has 0 unspecified atom stereocenters. The van der Waals surface area contributed by atoms with Gasteiger partial charge in [-0.3, -0.25) is 9.78 Å². The lowest BCUT2D eigenvalue weighted by Crippen LogP contribution is -2.15. The Balaban J connectivity index is 2.64. The van der Waals surface area contributed by atoms with E-state index in [2.05, 4.69) is 10.3 Å². The summed E-state index contributed by atoms with van der Waals surface area (Å²) >= 11 is 0. The Labute approximate surface area is 70.3 Å². The fraction of sp³-hybridized carbons (Fsp3) is 0.250. The first-order chi connectivity index (χ1) is 5.72. The lowest BCUT2D eigenvalue weighted by atomic mass is 10.3. The van der Waals surface area contributed by atoms with Gasteiger partial charge >= 0.3 is 0 Å². The molecule has 0 aliphatic rings. The predicted molar refractivity (Wildman–Crippen MR) is 44.7 cm³/mol. The minimum atomic E-state index is -0.506. The zero-order valence-electron chi connectivity index (χ0n) is 6.74. The lowest BCUT2D eigenvalue weighted by Gasteiger charge is -2.01. The summed E-state index contributed by atoms with van der Waals surface area (Å²) in [5, 5.41) is 10.9. The number of aromatic nitrogens is 1. The van der Waals surface area contributed by atoms with E-state index in [1.54, 1.807) is 18.3 Å². The smallest absolute Gasteiger partial charge is 0.250 e. The lowest BCUT2D eigenvalue weighted by molar-refractivity contribution is -0.118. The van der Waals surface area contributed by atoms with Crippen molar-refractivity contribution in [3.05, 3.63) is 24.0 Å². The second-order valence-corrected chi connectivity index (χ2v) is 2.39. The molecule has 0 radical (unpaired) electrons. The monoisotopic (exact) mass is 166 g/mol. The van der Waals surface area contributed by atoms with Crippen LogP contribution in [0.25, 0.3) is 0 Å². The normalized spacial score (nSPS) is 9.50. The molecule has 1 aromatic heterocycles. The fourth-order valence-corrected chi connectivity index (χ4v) is 0.742. The number of rotatable bonds is 2. The zero-order chi connectivity index (χ0) is 8.97. The molecule has 0 aromatic carbocycles. The van der Waals surface area contributed by atoms with Crippen LogP contribution < -0.4 is 5.32 Å². The molecule has 0 saturated carbocycles. The molecule has 0 atom stereocenters. The van der Waals surface area contributed by atoms with Gasteiger partial charge in [-0.15, -0.1) is 0 Å². The number of aliphatic hydroxyl groups excluding tert-OH is 1. The molecule has 2 N–H and O–H groups in total. The predicted octanol–water partition coefficient (Wildman–Crippen LogP) is 0.321. The highest BCUT2D eigenvalue weighted by Crippen LogP contribution is 2.04. The number of aliphatic hydroxyl groups is 1. The molecule has 64 valence electrons. The highest BCUT2D eigenvalue weighted by atomic mass is 16.3. The third-order valence-corrected chi connectivity index (χ3v) is 1.34. The average molecular weight is 166 g/mol. The molecule has 0 spiro atoms. The van der Waals surface area contributed by atoms with E-state index in [1.807, 2.05) is 6.92 Å². The van der Waals surface area contributed by atoms with E-state index in [1.165, 1.54) is 0 Å². The van der Waals surface area contributed by atoms with E-state index in [0.29, 0.717) is 5.69 Å². The van der Waals surface area contributed by atoms with Crippen LogP contribution in [0.4, 0.5) is 5.69 Å². The van der Waals surface area contributed by atoms with Crippen molar-refractivity contribution in [3.63, 3.8) is 0 Å². The maximum Gasteiger partial charge on any atom is 0.250 e. The number of nitrogens with zero attached hydrogens (tertiary/aromatic N) is 1. The molecule has 1 amide bonds. The van der Waals surface area contributed by atoms with E-state index < -0.39 is 12.5 Å².